The molecule has 1 amide bonds. The van der Waals surface area contributed by atoms with E-state index in [4.69, 9.17) is 5.73 Å². The van der Waals surface area contributed by atoms with Crippen LogP contribution in [0.1, 0.15) is 31.2 Å². The van der Waals surface area contributed by atoms with Crippen LogP contribution in [0, 0.1) is 0 Å². The van der Waals surface area contributed by atoms with Crippen molar-refractivity contribution in [1.29, 1.82) is 0 Å². The molecule has 92 valence electrons. The SMILES string of the molecule is CCC(N)C(=O)N1CCC(c2ccccc2)C1. The zero-order valence-electron chi connectivity index (χ0n) is 10.3. The fraction of sp³-hybridized carbons (Fsp3) is 0.500. The number of carbonyl (C=O) groups excluding carboxylic acids is 1. The third-order valence-corrected chi connectivity index (χ3v) is 3.53. The van der Waals surface area contributed by atoms with Gasteiger partial charge in [0.1, 0.15) is 0 Å². The van der Waals surface area contributed by atoms with Gasteiger partial charge in [-0.2, -0.15) is 0 Å². The Labute approximate surface area is 103 Å². The van der Waals surface area contributed by atoms with Crippen molar-refractivity contribution in [1.82, 2.24) is 4.90 Å². The fourth-order valence-corrected chi connectivity index (χ4v) is 2.37. The lowest BCUT2D eigenvalue weighted by atomic mass is 9.99. The molecule has 1 aliphatic rings. The minimum absolute atomic E-state index is 0.103. The number of nitrogens with two attached hydrogens (primary N) is 1. The van der Waals surface area contributed by atoms with Crippen LogP contribution in [-0.2, 0) is 4.79 Å². The van der Waals surface area contributed by atoms with Gasteiger partial charge in [0.15, 0.2) is 0 Å². The lowest BCUT2D eigenvalue weighted by Crippen LogP contribution is -2.42. The van der Waals surface area contributed by atoms with Crippen LogP contribution < -0.4 is 5.73 Å². The molecule has 17 heavy (non-hydrogen) atoms. The van der Waals surface area contributed by atoms with Crippen molar-refractivity contribution in [2.75, 3.05) is 13.1 Å². The van der Waals surface area contributed by atoms with Crippen LogP contribution in [0.4, 0.5) is 0 Å². The van der Waals surface area contributed by atoms with E-state index in [0.717, 1.165) is 19.5 Å². The number of rotatable bonds is 3. The van der Waals surface area contributed by atoms with Gasteiger partial charge in [-0.05, 0) is 18.4 Å². The molecular weight excluding hydrogens is 212 g/mol. The molecule has 2 rings (SSSR count). The Kier molecular flexibility index (Phi) is 3.79. The van der Waals surface area contributed by atoms with Crippen LogP contribution in [0.25, 0.3) is 0 Å². The van der Waals surface area contributed by atoms with E-state index in [-0.39, 0.29) is 11.9 Å². The summed E-state index contributed by atoms with van der Waals surface area (Å²) in [6.45, 7) is 3.61. The van der Waals surface area contributed by atoms with Crippen molar-refractivity contribution in [3.8, 4) is 0 Å². The summed E-state index contributed by atoms with van der Waals surface area (Å²) in [5, 5.41) is 0. The highest BCUT2D eigenvalue weighted by Crippen LogP contribution is 2.27. The van der Waals surface area contributed by atoms with Gasteiger partial charge in [0, 0.05) is 19.0 Å². The van der Waals surface area contributed by atoms with Crippen molar-refractivity contribution in [3.05, 3.63) is 35.9 Å². The molecule has 1 fully saturated rings. The summed E-state index contributed by atoms with van der Waals surface area (Å²) in [4.78, 5) is 13.9. The molecule has 0 radical (unpaired) electrons. The summed E-state index contributed by atoms with van der Waals surface area (Å²) >= 11 is 0. The van der Waals surface area contributed by atoms with E-state index in [2.05, 4.69) is 24.3 Å². The number of hydrogen-bond acceptors (Lipinski definition) is 2. The molecule has 1 saturated heterocycles. The molecule has 1 aromatic rings. The first-order chi connectivity index (χ1) is 8.22. The average molecular weight is 232 g/mol. The summed E-state index contributed by atoms with van der Waals surface area (Å²) in [5.74, 6) is 0.579. The molecule has 0 aliphatic carbocycles. The van der Waals surface area contributed by atoms with E-state index in [1.807, 2.05) is 17.9 Å². The normalized spacial score (nSPS) is 21.5. The predicted molar refractivity (Wildman–Crippen MR) is 68.6 cm³/mol. The molecule has 3 nitrogen and oxygen atoms in total. The second-order valence-corrected chi connectivity index (χ2v) is 4.70. The lowest BCUT2D eigenvalue weighted by Gasteiger charge is -2.20. The topological polar surface area (TPSA) is 46.3 Å². The Morgan fingerprint density at radius 1 is 1.47 bits per heavy atom. The summed E-state index contributed by atoms with van der Waals surface area (Å²) in [6, 6.07) is 10.1. The number of benzene rings is 1. The first-order valence-corrected chi connectivity index (χ1v) is 6.31. The van der Waals surface area contributed by atoms with Crippen LogP contribution in [-0.4, -0.2) is 29.9 Å². The highest BCUT2D eigenvalue weighted by Gasteiger charge is 2.29. The molecule has 0 aromatic heterocycles. The van der Waals surface area contributed by atoms with Crippen LogP contribution in [0.3, 0.4) is 0 Å². The van der Waals surface area contributed by atoms with Gasteiger partial charge in [0.05, 0.1) is 6.04 Å². The van der Waals surface area contributed by atoms with Crippen LogP contribution in [0.15, 0.2) is 30.3 Å². The predicted octanol–water partition coefficient (Wildman–Crippen LogP) is 1.74. The van der Waals surface area contributed by atoms with Gasteiger partial charge >= 0.3 is 0 Å². The molecule has 0 saturated carbocycles. The van der Waals surface area contributed by atoms with Crippen molar-refractivity contribution >= 4 is 5.91 Å². The zero-order chi connectivity index (χ0) is 12.3. The molecule has 1 aromatic carbocycles. The smallest absolute Gasteiger partial charge is 0.239 e. The Morgan fingerprint density at radius 2 is 2.18 bits per heavy atom. The van der Waals surface area contributed by atoms with E-state index in [1.165, 1.54) is 5.56 Å². The van der Waals surface area contributed by atoms with Gasteiger partial charge in [0.25, 0.3) is 0 Å². The third-order valence-electron chi connectivity index (χ3n) is 3.53. The number of nitrogens with zero attached hydrogens (tertiary/aromatic N) is 1. The number of likely N-dealkylation sites (tertiary alicyclic amines) is 1. The molecule has 1 aliphatic heterocycles. The number of amides is 1. The maximum atomic E-state index is 12.0. The molecule has 2 unspecified atom stereocenters. The Morgan fingerprint density at radius 3 is 2.82 bits per heavy atom. The first-order valence-electron chi connectivity index (χ1n) is 6.31. The molecule has 3 heteroatoms. The van der Waals surface area contributed by atoms with Crippen molar-refractivity contribution < 1.29 is 4.79 Å². The fourth-order valence-electron chi connectivity index (χ4n) is 2.37. The third kappa shape index (κ3) is 2.67. The minimum Gasteiger partial charge on any atom is -0.341 e. The molecule has 0 spiro atoms. The quantitative estimate of drug-likeness (QED) is 0.863. The second-order valence-electron chi connectivity index (χ2n) is 4.70. The first kappa shape index (κ1) is 12.1. The summed E-state index contributed by atoms with van der Waals surface area (Å²) in [7, 11) is 0. The van der Waals surface area contributed by atoms with Crippen LogP contribution in [0.2, 0.25) is 0 Å². The van der Waals surface area contributed by atoms with Crippen LogP contribution >= 0.6 is 0 Å². The Balaban J connectivity index is 1.98. The lowest BCUT2D eigenvalue weighted by molar-refractivity contribution is -0.131. The van der Waals surface area contributed by atoms with Crippen LogP contribution in [0.5, 0.6) is 0 Å². The summed E-state index contributed by atoms with van der Waals surface area (Å²) in [6.07, 6.45) is 1.76. The van der Waals surface area contributed by atoms with E-state index in [1.54, 1.807) is 0 Å². The molecule has 0 bridgehead atoms. The number of carbonyl (C=O) groups is 1. The van der Waals surface area contributed by atoms with Crippen molar-refractivity contribution in [2.24, 2.45) is 5.73 Å². The van der Waals surface area contributed by atoms with Gasteiger partial charge in [-0.15, -0.1) is 0 Å². The van der Waals surface area contributed by atoms with E-state index in [9.17, 15) is 4.79 Å². The van der Waals surface area contributed by atoms with Gasteiger partial charge in [-0.3, -0.25) is 4.79 Å². The maximum absolute atomic E-state index is 12.0. The number of hydrogen-bond donors (Lipinski definition) is 1. The highest BCUT2D eigenvalue weighted by atomic mass is 16.2. The van der Waals surface area contributed by atoms with Gasteiger partial charge in [-0.25, -0.2) is 0 Å². The average Bonchev–Trinajstić information content (AvgIpc) is 2.87. The monoisotopic (exact) mass is 232 g/mol. The molecule has 1 heterocycles. The Hall–Kier alpha value is -1.35. The van der Waals surface area contributed by atoms with E-state index >= 15 is 0 Å². The largest absolute Gasteiger partial charge is 0.341 e. The summed E-state index contributed by atoms with van der Waals surface area (Å²) < 4.78 is 0. The van der Waals surface area contributed by atoms with Gasteiger partial charge < -0.3 is 10.6 Å². The molecule has 2 atom stereocenters. The van der Waals surface area contributed by atoms with E-state index in [0.29, 0.717) is 12.3 Å². The van der Waals surface area contributed by atoms with Gasteiger partial charge in [0.2, 0.25) is 5.91 Å². The molecule has 2 N–H and O–H groups in total. The maximum Gasteiger partial charge on any atom is 0.239 e. The highest BCUT2D eigenvalue weighted by molar-refractivity contribution is 5.81. The molecular formula is C14H20N2O. The van der Waals surface area contributed by atoms with Crippen molar-refractivity contribution in [3.63, 3.8) is 0 Å². The summed E-state index contributed by atoms with van der Waals surface area (Å²) in [5.41, 5.74) is 7.12. The van der Waals surface area contributed by atoms with Gasteiger partial charge in [-0.1, -0.05) is 37.3 Å². The Bertz CT molecular complexity index is 377. The second kappa shape index (κ2) is 5.32. The standard InChI is InChI=1S/C14H20N2O/c1-2-13(15)14(17)16-9-8-12(10-16)11-6-4-3-5-7-11/h3-7,12-13H,2,8-10,15H2,1H3. The zero-order valence-corrected chi connectivity index (χ0v) is 10.3. The minimum atomic E-state index is -0.329. The van der Waals surface area contributed by atoms with Crippen molar-refractivity contribution in [2.45, 2.75) is 31.7 Å². The van der Waals surface area contributed by atoms with E-state index < -0.39 is 0 Å².